The lowest BCUT2D eigenvalue weighted by Crippen LogP contribution is -2.07. The second-order valence-electron chi connectivity index (χ2n) is 3.03. The number of hydrogen-bond donors (Lipinski definition) is 0. The van der Waals surface area contributed by atoms with Gasteiger partial charge in [0, 0.05) is 11.1 Å². The fraction of sp³-hybridized carbons (Fsp3) is 0.300. The van der Waals surface area contributed by atoms with E-state index in [1.165, 1.54) is 19.1 Å². The van der Waals surface area contributed by atoms with E-state index in [2.05, 4.69) is 4.74 Å². The molecule has 0 fully saturated rings. The Bertz CT molecular complexity index is 391. The van der Waals surface area contributed by atoms with Crippen molar-refractivity contribution in [1.29, 1.82) is 0 Å². The maximum Gasteiger partial charge on any atom is 0.387 e. The van der Waals surface area contributed by atoms with Crippen LogP contribution in [0.25, 0.3) is 0 Å². The lowest BCUT2D eigenvalue weighted by atomic mass is 10.1. The number of benzene rings is 1. The lowest BCUT2D eigenvalue weighted by molar-refractivity contribution is -0.0501. The molecule has 0 bridgehead atoms. The van der Waals surface area contributed by atoms with Crippen LogP contribution in [0.4, 0.5) is 8.78 Å². The number of carbonyl (C=O) groups is 1. The Morgan fingerprint density at radius 3 is 2.53 bits per heavy atom. The number of alkyl halides is 2. The second kappa shape index (κ2) is 4.57. The summed E-state index contributed by atoms with van der Waals surface area (Å²) in [5, 5.41) is 0.288. The van der Waals surface area contributed by atoms with E-state index in [9.17, 15) is 13.6 Å². The van der Waals surface area contributed by atoms with Gasteiger partial charge in [-0.3, -0.25) is 4.79 Å². The lowest BCUT2D eigenvalue weighted by Gasteiger charge is -2.10. The third kappa shape index (κ3) is 2.89. The van der Waals surface area contributed by atoms with E-state index in [1.807, 2.05) is 0 Å². The highest BCUT2D eigenvalue weighted by Crippen LogP contribution is 2.28. The predicted octanol–water partition coefficient (Wildman–Crippen LogP) is 3.45. The van der Waals surface area contributed by atoms with Crippen LogP contribution in [0.15, 0.2) is 12.1 Å². The minimum Gasteiger partial charge on any atom is -0.434 e. The van der Waals surface area contributed by atoms with Crippen molar-refractivity contribution in [2.45, 2.75) is 20.5 Å². The minimum atomic E-state index is -2.97. The zero-order valence-electron chi connectivity index (χ0n) is 8.18. The Morgan fingerprint density at radius 1 is 1.47 bits per heavy atom. The largest absolute Gasteiger partial charge is 0.434 e. The Morgan fingerprint density at radius 2 is 2.07 bits per heavy atom. The minimum absolute atomic E-state index is 0.109. The molecule has 0 spiro atoms. The molecule has 0 aliphatic carbocycles. The fourth-order valence-corrected chi connectivity index (χ4v) is 1.29. The number of ketones is 1. The van der Waals surface area contributed by atoms with E-state index in [0.717, 1.165) is 0 Å². The molecular formula is C10H9ClF2O2. The molecule has 0 aromatic heterocycles. The van der Waals surface area contributed by atoms with Crippen LogP contribution >= 0.6 is 11.6 Å². The third-order valence-corrected chi connectivity index (χ3v) is 2.26. The molecule has 1 aromatic carbocycles. The van der Waals surface area contributed by atoms with Crippen LogP contribution in [0.3, 0.4) is 0 Å². The molecule has 1 rings (SSSR count). The highest BCUT2D eigenvalue weighted by molar-refractivity contribution is 6.31. The first-order chi connectivity index (χ1) is 6.91. The van der Waals surface area contributed by atoms with Gasteiger partial charge in [-0.05, 0) is 25.5 Å². The fourth-order valence-electron chi connectivity index (χ4n) is 1.13. The first-order valence-electron chi connectivity index (χ1n) is 4.17. The third-order valence-electron chi connectivity index (χ3n) is 1.86. The van der Waals surface area contributed by atoms with Gasteiger partial charge in [0.2, 0.25) is 0 Å². The summed E-state index contributed by atoms with van der Waals surface area (Å²) in [5.74, 6) is -0.529. The Kier molecular flexibility index (Phi) is 3.63. The van der Waals surface area contributed by atoms with Crippen LogP contribution < -0.4 is 4.74 Å². The van der Waals surface area contributed by atoms with Crippen LogP contribution in [0.2, 0.25) is 5.02 Å². The average molecular weight is 235 g/mol. The van der Waals surface area contributed by atoms with Crippen molar-refractivity contribution in [2.24, 2.45) is 0 Å². The van der Waals surface area contributed by atoms with Crippen molar-refractivity contribution in [3.05, 3.63) is 28.3 Å². The maximum absolute atomic E-state index is 12.0. The second-order valence-corrected chi connectivity index (χ2v) is 3.44. The van der Waals surface area contributed by atoms with Crippen molar-refractivity contribution < 1.29 is 18.3 Å². The molecule has 0 unspecified atom stereocenters. The summed E-state index contributed by atoms with van der Waals surface area (Å²) in [6, 6.07) is 2.65. The molecular weight excluding hydrogens is 226 g/mol. The number of halogens is 3. The van der Waals surface area contributed by atoms with Crippen LogP contribution in [-0.2, 0) is 0 Å². The Balaban J connectivity index is 3.22. The monoisotopic (exact) mass is 234 g/mol. The molecule has 0 radical (unpaired) electrons. The van der Waals surface area contributed by atoms with E-state index < -0.39 is 6.61 Å². The zero-order chi connectivity index (χ0) is 11.6. The van der Waals surface area contributed by atoms with Gasteiger partial charge in [-0.25, -0.2) is 0 Å². The van der Waals surface area contributed by atoms with Crippen LogP contribution in [0.5, 0.6) is 5.75 Å². The van der Waals surface area contributed by atoms with E-state index >= 15 is 0 Å². The van der Waals surface area contributed by atoms with Crippen LogP contribution in [-0.4, -0.2) is 12.4 Å². The first-order valence-corrected chi connectivity index (χ1v) is 4.55. The van der Waals surface area contributed by atoms with Gasteiger partial charge < -0.3 is 4.74 Å². The quantitative estimate of drug-likeness (QED) is 0.749. The standard InChI is InChI=1S/C10H9ClF2O2/c1-5-3-7(6(2)14)9(4-8(5)11)15-10(12)13/h3-4,10H,1-2H3. The molecule has 0 saturated heterocycles. The average Bonchev–Trinajstić information content (AvgIpc) is 2.09. The zero-order valence-corrected chi connectivity index (χ0v) is 8.94. The summed E-state index contributed by atoms with van der Waals surface area (Å²) in [5.41, 5.74) is 0.751. The van der Waals surface area contributed by atoms with Crippen molar-refractivity contribution in [3.8, 4) is 5.75 Å². The molecule has 2 nitrogen and oxygen atoms in total. The summed E-state index contributed by atoms with van der Waals surface area (Å²) in [7, 11) is 0. The molecule has 0 heterocycles. The number of Topliss-reactive ketones (excluding diaryl/α,β-unsaturated/α-hetero) is 1. The summed E-state index contributed by atoms with van der Waals surface area (Å²) in [6.45, 7) is -0.0102. The number of aryl methyl sites for hydroxylation is 1. The number of ether oxygens (including phenoxy) is 1. The highest BCUT2D eigenvalue weighted by Gasteiger charge is 2.14. The van der Waals surface area contributed by atoms with Crippen LogP contribution in [0.1, 0.15) is 22.8 Å². The van der Waals surface area contributed by atoms with Gasteiger partial charge in [0.05, 0.1) is 5.56 Å². The van der Waals surface area contributed by atoms with Crippen molar-refractivity contribution in [2.75, 3.05) is 0 Å². The number of rotatable bonds is 3. The van der Waals surface area contributed by atoms with Crippen molar-refractivity contribution in [1.82, 2.24) is 0 Å². The SMILES string of the molecule is CC(=O)c1cc(C)c(Cl)cc1OC(F)F. The number of hydrogen-bond acceptors (Lipinski definition) is 2. The molecule has 15 heavy (non-hydrogen) atoms. The smallest absolute Gasteiger partial charge is 0.387 e. The normalized spacial score (nSPS) is 10.5. The Hall–Kier alpha value is -1.16. The molecule has 0 N–H and O–H groups in total. The van der Waals surface area contributed by atoms with E-state index in [-0.39, 0.29) is 22.1 Å². The Labute approximate surface area is 90.8 Å². The van der Waals surface area contributed by atoms with Gasteiger partial charge in [-0.15, -0.1) is 0 Å². The van der Waals surface area contributed by atoms with E-state index in [1.54, 1.807) is 6.92 Å². The van der Waals surface area contributed by atoms with Gasteiger partial charge in [-0.2, -0.15) is 8.78 Å². The number of carbonyl (C=O) groups excluding carboxylic acids is 1. The topological polar surface area (TPSA) is 26.3 Å². The van der Waals surface area contributed by atoms with Gasteiger partial charge in [0.1, 0.15) is 5.75 Å². The molecule has 82 valence electrons. The molecule has 0 aliphatic rings. The summed E-state index contributed by atoms with van der Waals surface area (Å²) in [6.07, 6.45) is 0. The maximum atomic E-state index is 12.0. The highest BCUT2D eigenvalue weighted by atomic mass is 35.5. The summed E-state index contributed by atoms with van der Waals surface area (Å²) < 4.78 is 28.2. The van der Waals surface area contributed by atoms with Gasteiger partial charge in [0.25, 0.3) is 0 Å². The molecule has 5 heteroatoms. The van der Waals surface area contributed by atoms with E-state index in [4.69, 9.17) is 11.6 Å². The first kappa shape index (κ1) is 11.9. The summed E-state index contributed by atoms with van der Waals surface area (Å²) >= 11 is 5.74. The molecule has 0 amide bonds. The van der Waals surface area contributed by atoms with Crippen molar-refractivity contribution in [3.63, 3.8) is 0 Å². The molecule has 0 saturated carbocycles. The van der Waals surface area contributed by atoms with Crippen molar-refractivity contribution >= 4 is 17.4 Å². The molecule has 1 aromatic rings. The van der Waals surface area contributed by atoms with E-state index in [0.29, 0.717) is 5.56 Å². The van der Waals surface area contributed by atoms with Gasteiger partial charge in [-0.1, -0.05) is 11.6 Å². The van der Waals surface area contributed by atoms with Gasteiger partial charge >= 0.3 is 6.61 Å². The molecule has 0 aliphatic heterocycles. The summed E-state index contributed by atoms with van der Waals surface area (Å²) in [4.78, 5) is 11.1. The van der Waals surface area contributed by atoms with Gasteiger partial charge in [0.15, 0.2) is 5.78 Å². The molecule has 0 atom stereocenters. The predicted molar refractivity (Wildman–Crippen MR) is 52.8 cm³/mol. The van der Waals surface area contributed by atoms with Crippen LogP contribution in [0, 0.1) is 6.92 Å².